The molecule has 0 saturated heterocycles. The molecule has 0 aromatic heterocycles. The minimum absolute atomic E-state index is 0.0954. The first-order valence-electron chi connectivity index (χ1n) is 13.7. The van der Waals surface area contributed by atoms with Gasteiger partial charge in [-0.3, -0.25) is 0 Å². The highest BCUT2D eigenvalue weighted by atomic mass is 16.5. The van der Waals surface area contributed by atoms with Crippen molar-refractivity contribution in [3.8, 4) is 11.5 Å². The van der Waals surface area contributed by atoms with Gasteiger partial charge >= 0.3 is 0 Å². The standard InChI is InChI=1S/C36H27N3O/c1-3-11-25(12-4-1)38-31-17-9-18-32-34(31)35-29-15-10-24-36(29,35)39(32)27-22-20-26(21-23-27)37-30-16-7-8-19-33(30)40-28-13-5-2-6-14-28/h1-24,35,37-38H. The molecule has 3 aliphatic rings. The normalized spacial score (nSPS) is 19.4. The quantitative estimate of drug-likeness (QED) is 0.225. The van der Waals surface area contributed by atoms with Gasteiger partial charge in [0, 0.05) is 39.9 Å². The molecule has 2 N–H and O–H groups in total. The Bertz CT molecular complexity index is 1780. The smallest absolute Gasteiger partial charge is 0.150 e. The average molecular weight is 518 g/mol. The predicted octanol–water partition coefficient (Wildman–Crippen LogP) is 9.45. The Kier molecular flexibility index (Phi) is 5.07. The Morgan fingerprint density at radius 1 is 0.625 bits per heavy atom. The summed E-state index contributed by atoms with van der Waals surface area (Å²) >= 11 is 0. The molecule has 1 spiro atoms. The Balaban J connectivity index is 1.10. The van der Waals surface area contributed by atoms with Crippen LogP contribution in [0.15, 0.2) is 151 Å². The van der Waals surface area contributed by atoms with Gasteiger partial charge in [-0.15, -0.1) is 0 Å². The fourth-order valence-electron chi connectivity index (χ4n) is 6.30. The van der Waals surface area contributed by atoms with E-state index in [1.807, 2.05) is 60.7 Å². The molecule has 8 rings (SSSR count). The van der Waals surface area contributed by atoms with Crippen LogP contribution in [0.25, 0.3) is 0 Å². The van der Waals surface area contributed by atoms with Crippen molar-refractivity contribution in [2.45, 2.75) is 11.5 Å². The number of benzene rings is 5. The number of ether oxygens (including phenoxy) is 1. The molecule has 1 saturated carbocycles. The van der Waals surface area contributed by atoms with Crippen molar-refractivity contribution in [1.82, 2.24) is 0 Å². The zero-order valence-electron chi connectivity index (χ0n) is 21.8. The summed E-state index contributed by atoms with van der Waals surface area (Å²) in [5.41, 5.74) is 9.39. The van der Waals surface area contributed by atoms with E-state index in [4.69, 9.17) is 4.74 Å². The molecule has 4 nitrogen and oxygen atoms in total. The summed E-state index contributed by atoms with van der Waals surface area (Å²) in [6, 6.07) is 43.6. The molecule has 1 heterocycles. The zero-order chi connectivity index (χ0) is 26.5. The van der Waals surface area contributed by atoms with Crippen LogP contribution in [0.3, 0.4) is 0 Å². The van der Waals surface area contributed by atoms with Crippen LogP contribution >= 0.6 is 0 Å². The van der Waals surface area contributed by atoms with Crippen molar-refractivity contribution >= 4 is 34.1 Å². The lowest BCUT2D eigenvalue weighted by Crippen LogP contribution is -2.29. The highest BCUT2D eigenvalue weighted by Crippen LogP contribution is 2.73. The number of nitrogens with one attached hydrogen (secondary N) is 2. The average Bonchev–Trinajstić information content (AvgIpc) is 3.26. The van der Waals surface area contributed by atoms with Gasteiger partial charge in [0.05, 0.1) is 11.2 Å². The molecule has 0 radical (unpaired) electrons. The van der Waals surface area contributed by atoms with Crippen molar-refractivity contribution in [2.75, 3.05) is 15.5 Å². The van der Waals surface area contributed by atoms with Crippen molar-refractivity contribution in [1.29, 1.82) is 0 Å². The first-order chi connectivity index (χ1) is 19.8. The number of rotatable bonds is 7. The van der Waals surface area contributed by atoms with Gasteiger partial charge in [0.1, 0.15) is 5.75 Å². The van der Waals surface area contributed by atoms with E-state index >= 15 is 0 Å². The van der Waals surface area contributed by atoms with Crippen molar-refractivity contribution in [2.24, 2.45) is 0 Å². The minimum Gasteiger partial charge on any atom is -0.455 e. The minimum atomic E-state index is -0.0954. The third-order valence-corrected chi connectivity index (χ3v) is 8.05. The molecule has 0 bridgehead atoms. The van der Waals surface area contributed by atoms with Crippen molar-refractivity contribution in [3.63, 3.8) is 0 Å². The van der Waals surface area contributed by atoms with Crippen LogP contribution in [0.1, 0.15) is 11.5 Å². The molecule has 1 fully saturated rings. The lowest BCUT2D eigenvalue weighted by molar-refractivity contribution is 0.485. The summed E-state index contributed by atoms with van der Waals surface area (Å²) in [5.74, 6) is 1.97. The van der Waals surface area contributed by atoms with Gasteiger partial charge < -0.3 is 20.3 Å². The van der Waals surface area contributed by atoms with E-state index in [0.29, 0.717) is 5.92 Å². The fraction of sp³-hybridized carbons (Fsp3) is 0.0556. The third kappa shape index (κ3) is 3.53. The van der Waals surface area contributed by atoms with Gasteiger partial charge in [-0.05, 0) is 78.4 Å². The highest BCUT2D eigenvalue weighted by Gasteiger charge is 2.69. The van der Waals surface area contributed by atoms with Gasteiger partial charge in [0.2, 0.25) is 0 Å². The highest BCUT2D eigenvalue weighted by molar-refractivity contribution is 5.94. The number of hydrogen-bond donors (Lipinski definition) is 2. The predicted molar refractivity (Wildman–Crippen MR) is 164 cm³/mol. The van der Waals surface area contributed by atoms with Crippen LogP contribution in [0.2, 0.25) is 0 Å². The number of anilines is 6. The number of nitrogens with zero attached hydrogens (tertiary/aromatic N) is 1. The summed E-state index contributed by atoms with van der Waals surface area (Å²) in [6.07, 6.45) is 6.86. The topological polar surface area (TPSA) is 36.5 Å². The summed E-state index contributed by atoms with van der Waals surface area (Å²) in [7, 11) is 0. The largest absolute Gasteiger partial charge is 0.455 e. The molecule has 2 aliphatic carbocycles. The molecular formula is C36H27N3O. The van der Waals surface area contributed by atoms with Gasteiger partial charge in [0.15, 0.2) is 5.75 Å². The van der Waals surface area contributed by atoms with E-state index in [0.717, 1.165) is 28.6 Å². The number of fused-ring (bicyclic) bond motifs is 3. The van der Waals surface area contributed by atoms with E-state index in [2.05, 4.69) is 100 Å². The lowest BCUT2D eigenvalue weighted by Gasteiger charge is -2.29. The number of para-hydroxylation sites is 4. The summed E-state index contributed by atoms with van der Waals surface area (Å²) in [5, 5.41) is 7.23. The first-order valence-corrected chi connectivity index (χ1v) is 13.7. The SMILES string of the molecule is C1=CC23C(=C1)C2c1c(Nc2ccccc2)cccc1N3c1ccc(Nc2ccccc2Oc2ccccc2)cc1. The Labute approximate surface area is 233 Å². The van der Waals surface area contributed by atoms with E-state index < -0.39 is 0 Å². The van der Waals surface area contributed by atoms with Crippen LogP contribution < -0.4 is 20.3 Å². The first kappa shape index (κ1) is 22.7. The van der Waals surface area contributed by atoms with Crippen molar-refractivity contribution in [3.05, 3.63) is 157 Å². The molecule has 2 unspecified atom stereocenters. The van der Waals surface area contributed by atoms with Crippen LogP contribution in [0.5, 0.6) is 11.5 Å². The maximum Gasteiger partial charge on any atom is 0.150 e. The second-order valence-electron chi connectivity index (χ2n) is 10.4. The second kappa shape index (κ2) is 8.92. The third-order valence-electron chi connectivity index (χ3n) is 8.05. The summed E-state index contributed by atoms with van der Waals surface area (Å²) in [4.78, 5) is 2.51. The maximum absolute atomic E-state index is 6.16. The number of allylic oxidation sites excluding steroid dienone is 2. The Morgan fingerprint density at radius 2 is 1.30 bits per heavy atom. The monoisotopic (exact) mass is 517 g/mol. The number of hydrogen-bond acceptors (Lipinski definition) is 4. The van der Waals surface area contributed by atoms with E-state index in [1.54, 1.807) is 0 Å². The fourth-order valence-corrected chi connectivity index (χ4v) is 6.30. The van der Waals surface area contributed by atoms with Crippen molar-refractivity contribution < 1.29 is 4.74 Å². The molecular weight excluding hydrogens is 490 g/mol. The molecule has 40 heavy (non-hydrogen) atoms. The molecule has 4 heteroatoms. The van der Waals surface area contributed by atoms with Crippen LogP contribution in [-0.4, -0.2) is 5.54 Å². The maximum atomic E-state index is 6.16. The molecule has 5 aromatic rings. The Morgan fingerprint density at radius 3 is 2.12 bits per heavy atom. The van der Waals surface area contributed by atoms with E-state index in [-0.39, 0.29) is 5.54 Å². The van der Waals surface area contributed by atoms with Crippen LogP contribution in [-0.2, 0) is 0 Å². The van der Waals surface area contributed by atoms with E-state index in [1.165, 1.54) is 28.2 Å². The Hall–Kier alpha value is -5.22. The summed E-state index contributed by atoms with van der Waals surface area (Å²) < 4.78 is 6.16. The summed E-state index contributed by atoms with van der Waals surface area (Å²) in [6.45, 7) is 0. The second-order valence-corrected chi connectivity index (χ2v) is 10.4. The van der Waals surface area contributed by atoms with Crippen LogP contribution in [0.4, 0.5) is 34.1 Å². The van der Waals surface area contributed by atoms with Gasteiger partial charge in [-0.25, -0.2) is 0 Å². The van der Waals surface area contributed by atoms with E-state index in [9.17, 15) is 0 Å². The van der Waals surface area contributed by atoms with Gasteiger partial charge in [0.25, 0.3) is 0 Å². The molecule has 1 aliphatic heterocycles. The van der Waals surface area contributed by atoms with Gasteiger partial charge in [-0.2, -0.15) is 0 Å². The van der Waals surface area contributed by atoms with Crippen LogP contribution in [0, 0.1) is 0 Å². The molecule has 0 amide bonds. The molecule has 192 valence electrons. The molecule has 2 atom stereocenters. The van der Waals surface area contributed by atoms with Gasteiger partial charge in [-0.1, -0.05) is 72.8 Å². The lowest BCUT2D eigenvalue weighted by atomic mass is 10.0. The molecule has 5 aromatic carbocycles. The zero-order valence-corrected chi connectivity index (χ0v) is 21.8.